The van der Waals surface area contributed by atoms with Gasteiger partial charge in [0.15, 0.2) is 0 Å². The summed E-state index contributed by atoms with van der Waals surface area (Å²) in [7, 11) is 0. The second kappa shape index (κ2) is 3.73. The maximum atomic E-state index is 12.9. The van der Waals surface area contributed by atoms with Gasteiger partial charge in [0.25, 0.3) is 5.56 Å². The first-order valence-corrected chi connectivity index (χ1v) is 4.35. The third kappa shape index (κ3) is 1.90. The fourth-order valence-electron chi connectivity index (χ4n) is 1.30. The highest BCUT2D eigenvalue weighted by molar-refractivity contribution is 5.32. The first-order chi connectivity index (χ1) is 7.56. The van der Waals surface area contributed by atoms with E-state index in [-0.39, 0.29) is 5.69 Å². The number of nitrogens with zero attached hydrogens (tertiary/aromatic N) is 1. The monoisotopic (exact) mass is 224 g/mol. The Morgan fingerprint density at radius 3 is 2.25 bits per heavy atom. The fourth-order valence-corrected chi connectivity index (χ4v) is 1.30. The molecular formula is C10H6F2N2O2. The van der Waals surface area contributed by atoms with Crippen LogP contribution >= 0.6 is 0 Å². The predicted molar refractivity (Wildman–Crippen MR) is 52.6 cm³/mol. The molecule has 0 saturated heterocycles. The van der Waals surface area contributed by atoms with Crippen LogP contribution in [0.3, 0.4) is 0 Å². The third-order valence-corrected chi connectivity index (χ3v) is 1.95. The third-order valence-electron chi connectivity index (χ3n) is 1.95. The molecule has 0 spiro atoms. The Morgan fingerprint density at radius 2 is 1.69 bits per heavy atom. The Bertz CT molecular complexity index is 626. The lowest BCUT2D eigenvalue weighted by molar-refractivity contribution is 0.581. The quantitative estimate of drug-likeness (QED) is 0.779. The highest BCUT2D eigenvalue weighted by Gasteiger charge is 2.04. The van der Waals surface area contributed by atoms with Crippen LogP contribution in [-0.4, -0.2) is 9.55 Å². The maximum Gasteiger partial charge on any atom is 0.332 e. The average molecular weight is 224 g/mol. The lowest BCUT2D eigenvalue weighted by atomic mass is 10.3. The molecule has 4 nitrogen and oxygen atoms in total. The van der Waals surface area contributed by atoms with E-state index in [4.69, 9.17) is 0 Å². The molecule has 16 heavy (non-hydrogen) atoms. The van der Waals surface area contributed by atoms with Crippen molar-refractivity contribution >= 4 is 0 Å². The van der Waals surface area contributed by atoms with Crippen LogP contribution in [0.5, 0.6) is 0 Å². The molecule has 0 aliphatic rings. The minimum Gasteiger partial charge on any atom is -0.274 e. The molecule has 0 amide bonds. The topological polar surface area (TPSA) is 54.9 Å². The van der Waals surface area contributed by atoms with Crippen molar-refractivity contribution in [2.45, 2.75) is 0 Å². The number of hydrogen-bond donors (Lipinski definition) is 1. The van der Waals surface area contributed by atoms with E-state index in [1.54, 1.807) is 0 Å². The van der Waals surface area contributed by atoms with Crippen molar-refractivity contribution < 1.29 is 8.78 Å². The van der Waals surface area contributed by atoms with E-state index >= 15 is 0 Å². The van der Waals surface area contributed by atoms with E-state index < -0.39 is 22.9 Å². The summed E-state index contributed by atoms with van der Waals surface area (Å²) in [5.74, 6) is -1.60. The van der Waals surface area contributed by atoms with Gasteiger partial charge in [-0.3, -0.25) is 14.3 Å². The normalized spacial score (nSPS) is 10.4. The fraction of sp³-hybridized carbons (Fsp3) is 0. The molecule has 0 unspecified atom stereocenters. The molecular weight excluding hydrogens is 218 g/mol. The van der Waals surface area contributed by atoms with Crippen molar-refractivity contribution in [3.8, 4) is 5.69 Å². The van der Waals surface area contributed by atoms with Gasteiger partial charge in [-0.2, -0.15) is 0 Å². The van der Waals surface area contributed by atoms with Crippen molar-refractivity contribution in [1.29, 1.82) is 0 Å². The van der Waals surface area contributed by atoms with Crippen LogP contribution in [0.4, 0.5) is 8.78 Å². The Kier molecular flexibility index (Phi) is 2.40. The molecule has 82 valence electrons. The largest absolute Gasteiger partial charge is 0.332 e. The summed E-state index contributed by atoms with van der Waals surface area (Å²) < 4.78 is 26.7. The Morgan fingerprint density at radius 1 is 1.06 bits per heavy atom. The first-order valence-electron chi connectivity index (χ1n) is 4.35. The Labute approximate surface area is 87.8 Å². The summed E-state index contributed by atoms with van der Waals surface area (Å²) >= 11 is 0. The van der Waals surface area contributed by atoms with Gasteiger partial charge < -0.3 is 0 Å². The minimum atomic E-state index is -0.798. The Hall–Kier alpha value is -2.24. The molecule has 1 N–H and O–H groups in total. The minimum absolute atomic E-state index is 0.0127. The van der Waals surface area contributed by atoms with Crippen molar-refractivity contribution in [3.63, 3.8) is 0 Å². The zero-order valence-electron chi connectivity index (χ0n) is 7.91. The summed E-state index contributed by atoms with van der Waals surface area (Å²) in [4.78, 5) is 24.1. The van der Waals surface area contributed by atoms with Gasteiger partial charge >= 0.3 is 5.69 Å². The molecule has 0 aliphatic carbocycles. The van der Waals surface area contributed by atoms with Crippen LogP contribution < -0.4 is 11.2 Å². The average Bonchev–Trinajstić information content (AvgIpc) is 2.15. The van der Waals surface area contributed by atoms with Crippen LogP contribution in [0, 0.1) is 11.6 Å². The lowest BCUT2D eigenvalue weighted by Crippen LogP contribution is -2.27. The van der Waals surface area contributed by atoms with Gasteiger partial charge in [-0.1, -0.05) is 0 Å². The molecule has 1 aromatic heterocycles. The van der Waals surface area contributed by atoms with Crippen molar-refractivity contribution in [2.75, 3.05) is 0 Å². The molecule has 1 aromatic carbocycles. The van der Waals surface area contributed by atoms with Crippen molar-refractivity contribution in [3.05, 3.63) is 62.9 Å². The van der Waals surface area contributed by atoms with Gasteiger partial charge in [0.2, 0.25) is 0 Å². The number of nitrogens with one attached hydrogen (secondary N) is 1. The maximum absolute atomic E-state index is 12.9. The number of H-pyrrole nitrogens is 1. The second-order valence-corrected chi connectivity index (χ2v) is 3.11. The summed E-state index contributed by atoms with van der Waals surface area (Å²) in [6.07, 6.45) is 1.15. The molecule has 1 heterocycles. The zero-order valence-corrected chi connectivity index (χ0v) is 7.91. The van der Waals surface area contributed by atoms with Crippen LogP contribution in [0.1, 0.15) is 0 Å². The molecule has 2 aromatic rings. The van der Waals surface area contributed by atoms with Gasteiger partial charge in [0.1, 0.15) is 11.6 Å². The van der Waals surface area contributed by atoms with Crippen molar-refractivity contribution in [2.24, 2.45) is 0 Å². The zero-order chi connectivity index (χ0) is 11.7. The number of aromatic nitrogens is 2. The van der Waals surface area contributed by atoms with Crippen LogP contribution in [0.25, 0.3) is 5.69 Å². The summed E-state index contributed by atoms with van der Waals surface area (Å²) in [5, 5.41) is 0. The molecule has 0 saturated carbocycles. The van der Waals surface area contributed by atoms with Crippen LogP contribution in [-0.2, 0) is 0 Å². The van der Waals surface area contributed by atoms with Crippen LogP contribution in [0.15, 0.2) is 40.1 Å². The smallest absolute Gasteiger partial charge is 0.274 e. The highest BCUT2D eigenvalue weighted by atomic mass is 19.1. The molecule has 0 atom stereocenters. The summed E-state index contributed by atoms with van der Waals surface area (Å²) in [6, 6.07) is 3.76. The SMILES string of the molecule is O=c1ccn(-c2cc(F)cc(F)c2)c(=O)[nH]1. The number of halogens is 2. The number of rotatable bonds is 1. The number of hydrogen-bond acceptors (Lipinski definition) is 2. The molecule has 6 heteroatoms. The molecule has 0 bridgehead atoms. The van der Waals surface area contributed by atoms with E-state index in [1.807, 2.05) is 4.98 Å². The van der Waals surface area contributed by atoms with E-state index in [1.165, 1.54) is 0 Å². The van der Waals surface area contributed by atoms with Gasteiger partial charge in [0, 0.05) is 18.3 Å². The highest BCUT2D eigenvalue weighted by Crippen LogP contribution is 2.10. The van der Waals surface area contributed by atoms with Gasteiger partial charge in [0.05, 0.1) is 5.69 Å². The number of aromatic amines is 1. The van der Waals surface area contributed by atoms with E-state index in [9.17, 15) is 18.4 Å². The standard InChI is InChI=1S/C10H6F2N2O2/c11-6-3-7(12)5-8(4-6)14-2-1-9(15)13-10(14)16/h1-5H,(H,13,15,16). The predicted octanol–water partition coefficient (Wildman–Crippen LogP) is 0.804. The lowest BCUT2D eigenvalue weighted by Gasteiger charge is -2.04. The molecule has 0 fully saturated rings. The van der Waals surface area contributed by atoms with Crippen molar-refractivity contribution in [1.82, 2.24) is 9.55 Å². The van der Waals surface area contributed by atoms with Crippen LogP contribution in [0.2, 0.25) is 0 Å². The van der Waals surface area contributed by atoms with E-state index in [0.29, 0.717) is 6.07 Å². The van der Waals surface area contributed by atoms with Gasteiger partial charge in [-0.25, -0.2) is 13.6 Å². The van der Waals surface area contributed by atoms with E-state index in [2.05, 4.69) is 0 Å². The Balaban J connectivity index is 2.67. The van der Waals surface area contributed by atoms with Gasteiger partial charge in [-0.05, 0) is 12.1 Å². The van der Waals surface area contributed by atoms with Gasteiger partial charge in [-0.15, -0.1) is 0 Å². The van der Waals surface area contributed by atoms with E-state index in [0.717, 1.165) is 29.0 Å². The molecule has 0 aliphatic heterocycles. The summed E-state index contributed by atoms with van der Waals surface area (Å²) in [5.41, 5.74) is -1.31. The summed E-state index contributed by atoms with van der Waals surface area (Å²) in [6.45, 7) is 0. The second-order valence-electron chi connectivity index (χ2n) is 3.11. The first kappa shape index (κ1) is 10.3. The number of benzene rings is 1. The molecule has 0 radical (unpaired) electrons. The molecule has 2 rings (SSSR count).